The van der Waals surface area contributed by atoms with E-state index in [1.807, 2.05) is 29.1 Å². The summed E-state index contributed by atoms with van der Waals surface area (Å²) in [7, 11) is -3.69. The summed E-state index contributed by atoms with van der Waals surface area (Å²) in [6.45, 7) is 4.15. The van der Waals surface area contributed by atoms with Gasteiger partial charge in [0.15, 0.2) is 0 Å². The van der Waals surface area contributed by atoms with E-state index in [4.69, 9.17) is 0 Å². The van der Waals surface area contributed by atoms with Gasteiger partial charge in [0.2, 0.25) is 10.0 Å². The molecule has 2 N–H and O–H groups in total. The van der Waals surface area contributed by atoms with Crippen LogP contribution in [0.2, 0.25) is 0 Å². The molecule has 1 heterocycles. The molecule has 0 aliphatic rings. The maximum Gasteiger partial charge on any atom is 0.269 e. The number of aromatic nitrogens is 1. The Labute approximate surface area is 181 Å². The molecule has 3 aromatic rings. The van der Waals surface area contributed by atoms with Gasteiger partial charge in [0.25, 0.3) is 11.8 Å². The first-order valence-corrected chi connectivity index (χ1v) is 11.2. The van der Waals surface area contributed by atoms with Gasteiger partial charge in [0.05, 0.1) is 4.90 Å². The summed E-state index contributed by atoms with van der Waals surface area (Å²) in [5.41, 5.74) is 6.06. The van der Waals surface area contributed by atoms with E-state index in [0.29, 0.717) is 18.7 Å². The Hall–Kier alpha value is -3.43. The summed E-state index contributed by atoms with van der Waals surface area (Å²) in [5.74, 6) is -1.10. The highest BCUT2D eigenvalue weighted by molar-refractivity contribution is 7.89. The van der Waals surface area contributed by atoms with E-state index in [1.54, 1.807) is 38.1 Å². The number of hydrogen-bond acceptors (Lipinski definition) is 4. The molecule has 0 saturated heterocycles. The van der Waals surface area contributed by atoms with E-state index in [1.165, 1.54) is 28.6 Å². The lowest BCUT2D eigenvalue weighted by atomic mass is 10.2. The Morgan fingerprint density at radius 2 is 1.42 bits per heavy atom. The number of rotatable bonds is 7. The van der Waals surface area contributed by atoms with Crippen molar-refractivity contribution in [3.8, 4) is 5.69 Å². The minimum absolute atomic E-state index is 0.0239. The molecule has 3 rings (SSSR count). The van der Waals surface area contributed by atoms with Crippen molar-refractivity contribution in [2.75, 3.05) is 13.1 Å². The van der Waals surface area contributed by atoms with Gasteiger partial charge in [0, 0.05) is 42.3 Å². The molecule has 31 heavy (non-hydrogen) atoms. The Morgan fingerprint density at radius 3 is 2.00 bits per heavy atom. The van der Waals surface area contributed by atoms with Crippen LogP contribution in [0.5, 0.6) is 0 Å². The van der Waals surface area contributed by atoms with Crippen molar-refractivity contribution < 1.29 is 18.0 Å². The third-order valence-electron chi connectivity index (χ3n) is 4.76. The first-order chi connectivity index (χ1) is 14.9. The largest absolute Gasteiger partial charge is 0.324 e. The second-order valence-corrected chi connectivity index (χ2v) is 8.60. The summed E-state index contributed by atoms with van der Waals surface area (Å²) < 4.78 is 28.5. The number of carbonyl (C=O) groups is 2. The molecule has 2 amide bonds. The van der Waals surface area contributed by atoms with Crippen molar-refractivity contribution in [1.29, 1.82) is 0 Å². The number of nitrogens with one attached hydrogen (secondary N) is 2. The second kappa shape index (κ2) is 9.59. The van der Waals surface area contributed by atoms with Crippen LogP contribution in [0.1, 0.15) is 34.6 Å². The van der Waals surface area contributed by atoms with Crippen molar-refractivity contribution in [1.82, 2.24) is 19.7 Å². The molecule has 0 bridgehead atoms. The fourth-order valence-corrected chi connectivity index (χ4v) is 4.56. The minimum Gasteiger partial charge on any atom is -0.324 e. The van der Waals surface area contributed by atoms with Crippen LogP contribution in [0.15, 0.2) is 78.0 Å². The van der Waals surface area contributed by atoms with Crippen molar-refractivity contribution in [3.05, 3.63) is 84.2 Å². The zero-order valence-corrected chi connectivity index (χ0v) is 18.1. The Morgan fingerprint density at radius 1 is 0.839 bits per heavy atom. The van der Waals surface area contributed by atoms with Gasteiger partial charge in [0.1, 0.15) is 0 Å². The Bertz CT molecular complexity index is 1150. The monoisotopic (exact) mass is 440 g/mol. The lowest BCUT2D eigenvalue weighted by Crippen LogP contribution is -2.41. The molecule has 162 valence electrons. The molecule has 0 atom stereocenters. The topological polar surface area (TPSA) is 101 Å². The van der Waals surface area contributed by atoms with Gasteiger partial charge in [-0.15, -0.1) is 0 Å². The molecular formula is C22H24N4O4S. The number of carbonyl (C=O) groups excluding carboxylic acids is 2. The van der Waals surface area contributed by atoms with E-state index in [0.717, 1.165) is 5.69 Å². The molecular weight excluding hydrogens is 416 g/mol. The average molecular weight is 441 g/mol. The van der Waals surface area contributed by atoms with Crippen LogP contribution in [-0.4, -0.2) is 42.2 Å². The molecule has 0 unspecified atom stereocenters. The highest BCUT2D eigenvalue weighted by Crippen LogP contribution is 2.17. The SMILES string of the molecule is CCN(CC)S(=O)(=O)c1cccc(C(=O)NNC(=O)c2ccc(-n3cccc3)cc2)c1. The number of amides is 2. The van der Waals surface area contributed by atoms with Crippen molar-refractivity contribution in [2.45, 2.75) is 18.7 Å². The predicted octanol–water partition coefficient (Wildman–Crippen LogP) is 2.58. The smallest absolute Gasteiger partial charge is 0.269 e. The highest BCUT2D eigenvalue weighted by atomic mass is 32.2. The third-order valence-corrected chi connectivity index (χ3v) is 6.81. The maximum absolute atomic E-state index is 12.7. The third kappa shape index (κ3) is 5.01. The summed E-state index contributed by atoms with van der Waals surface area (Å²) >= 11 is 0. The quantitative estimate of drug-likeness (QED) is 0.552. The number of hydrazine groups is 1. The highest BCUT2D eigenvalue weighted by Gasteiger charge is 2.22. The number of benzene rings is 2. The maximum atomic E-state index is 12.7. The lowest BCUT2D eigenvalue weighted by Gasteiger charge is -2.18. The van der Waals surface area contributed by atoms with E-state index >= 15 is 0 Å². The lowest BCUT2D eigenvalue weighted by molar-refractivity contribution is 0.0846. The van der Waals surface area contributed by atoms with Crippen molar-refractivity contribution in [3.63, 3.8) is 0 Å². The van der Waals surface area contributed by atoms with Gasteiger partial charge in [-0.05, 0) is 54.6 Å². The molecule has 0 aliphatic carbocycles. The first kappa shape index (κ1) is 22.3. The fraction of sp³-hybridized carbons (Fsp3) is 0.182. The molecule has 8 nitrogen and oxygen atoms in total. The van der Waals surface area contributed by atoms with Crippen LogP contribution in [-0.2, 0) is 10.0 Å². The van der Waals surface area contributed by atoms with Gasteiger partial charge in [-0.25, -0.2) is 8.42 Å². The van der Waals surface area contributed by atoms with Gasteiger partial charge in [-0.3, -0.25) is 20.4 Å². The van der Waals surface area contributed by atoms with Crippen LogP contribution in [0, 0.1) is 0 Å². The summed E-state index contributed by atoms with van der Waals surface area (Å²) in [6.07, 6.45) is 3.79. The van der Waals surface area contributed by atoms with Crippen LogP contribution < -0.4 is 10.9 Å². The van der Waals surface area contributed by atoms with Gasteiger partial charge >= 0.3 is 0 Å². The number of nitrogens with zero attached hydrogens (tertiary/aromatic N) is 2. The second-order valence-electron chi connectivity index (χ2n) is 6.66. The predicted molar refractivity (Wildman–Crippen MR) is 117 cm³/mol. The van der Waals surface area contributed by atoms with E-state index in [-0.39, 0.29) is 10.5 Å². The van der Waals surface area contributed by atoms with Crippen molar-refractivity contribution in [2.24, 2.45) is 0 Å². The van der Waals surface area contributed by atoms with Gasteiger partial charge in [-0.1, -0.05) is 19.9 Å². The summed E-state index contributed by atoms with van der Waals surface area (Å²) in [5, 5.41) is 0. The van der Waals surface area contributed by atoms with Crippen LogP contribution in [0.3, 0.4) is 0 Å². The van der Waals surface area contributed by atoms with Crippen LogP contribution in [0.25, 0.3) is 5.69 Å². The van der Waals surface area contributed by atoms with Gasteiger partial charge in [-0.2, -0.15) is 4.31 Å². The molecule has 1 aromatic heterocycles. The van der Waals surface area contributed by atoms with E-state index in [2.05, 4.69) is 10.9 Å². The zero-order chi connectivity index (χ0) is 22.4. The minimum atomic E-state index is -3.69. The standard InChI is InChI=1S/C22H24N4O4S/c1-3-26(4-2)31(29,30)20-9-7-8-18(16-20)22(28)24-23-21(27)17-10-12-19(13-11-17)25-14-5-6-15-25/h5-16H,3-4H2,1-2H3,(H,23,27)(H,24,28). The Kier molecular flexibility index (Phi) is 6.88. The van der Waals surface area contributed by atoms with Crippen LogP contribution in [0.4, 0.5) is 0 Å². The molecule has 9 heteroatoms. The van der Waals surface area contributed by atoms with Gasteiger partial charge < -0.3 is 4.57 Å². The molecule has 0 saturated carbocycles. The number of sulfonamides is 1. The average Bonchev–Trinajstić information content (AvgIpc) is 3.33. The molecule has 0 spiro atoms. The zero-order valence-electron chi connectivity index (χ0n) is 17.3. The normalized spacial score (nSPS) is 11.3. The summed E-state index contributed by atoms with van der Waals surface area (Å²) in [6, 6.07) is 16.4. The van der Waals surface area contributed by atoms with E-state index < -0.39 is 21.8 Å². The molecule has 0 radical (unpaired) electrons. The molecule has 0 fully saturated rings. The summed E-state index contributed by atoms with van der Waals surface area (Å²) in [4.78, 5) is 24.8. The van der Waals surface area contributed by atoms with Crippen LogP contribution >= 0.6 is 0 Å². The molecule has 0 aliphatic heterocycles. The van der Waals surface area contributed by atoms with Crippen molar-refractivity contribution >= 4 is 21.8 Å². The molecule has 2 aromatic carbocycles. The fourth-order valence-electron chi connectivity index (χ4n) is 3.06. The number of hydrogen-bond donors (Lipinski definition) is 2. The van der Waals surface area contributed by atoms with E-state index in [9.17, 15) is 18.0 Å². The first-order valence-electron chi connectivity index (χ1n) is 9.81. The Balaban J connectivity index is 1.66.